The van der Waals surface area contributed by atoms with Crippen molar-refractivity contribution in [2.24, 2.45) is 11.7 Å². The van der Waals surface area contributed by atoms with Crippen molar-refractivity contribution in [2.45, 2.75) is 38.5 Å². The number of hydrogen-bond donors (Lipinski definition) is 1. The van der Waals surface area contributed by atoms with Crippen LogP contribution >= 0.6 is 0 Å². The van der Waals surface area contributed by atoms with Gasteiger partial charge in [-0.15, -0.1) is 0 Å². The summed E-state index contributed by atoms with van der Waals surface area (Å²) in [6.07, 6.45) is 6.65. The number of carbonyl (C=O) groups is 2. The smallest absolute Gasteiger partial charge is 0.236 e. The zero-order valence-electron chi connectivity index (χ0n) is 11.6. The molecule has 19 heavy (non-hydrogen) atoms. The Balaban J connectivity index is 1.83. The van der Waals surface area contributed by atoms with Gasteiger partial charge in [-0.05, 0) is 38.8 Å². The topological polar surface area (TPSA) is 66.6 Å². The molecule has 2 fully saturated rings. The maximum Gasteiger partial charge on any atom is 0.236 e. The van der Waals surface area contributed by atoms with Crippen molar-refractivity contribution >= 4 is 11.8 Å². The summed E-state index contributed by atoms with van der Waals surface area (Å²) in [4.78, 5) is 27.6. The zero-order valence-corrected chi connectivity index (χ0v) is 11.6. The van der Waals surface area contributed by atoms with Crippen LogP contribution in [0.2, 0.25) is 0 Å². The quantitative estimate of drug-likeness (QED) is 0.813. The number of nitrogens with two attached hydrogens (primary N) is 1. The first-order valence-corrected chi connectivity index (χ1v) is 7.46. The maximum atomic E-state index is 12.3. The van der Waals surface area contributed by atoms with Crippen LogP contribution in [0.3, 0.4) is 0 Å². The number of likely N-dealkylation sites (tertiary alicyclic amines) is 2. The van der Waals surface area contributed by atoms with E-state index in [4.69, 9.17) is 5.73 Å². The Morgan fingerprint density at radius 1 is 1.00 bits per heavy atom. The first-order valence-electron chi connectivity index (χ1n) is 7.46. The van der Waals surface area contributed by atoms with Crippen molar-refractivity contribution < 1.29 is 9.59 Å². The summed E-state index contributed by atoms with van der Waals surface area (Å²) in [7, 11) is 0. The predicted octanol–water partition coefficient (Wildman–Crippen LogP) is 0.586. The molecule has 0 aromatic rings. The van der Waals surface area contributed by atoms with Gasteiger partial charge >= 0.3 is 0 Å². The molecular formula is C14H25N3O2. The van der Waals surface area contributed by atoms with Crippen molar-refractivity contribution in [3.05, 3.63) is 0 Å². The average molecular weight is 267 g/mol. The number of primary amides is 1. The third kappa shape index (κ3) is 4.20. The Bertz CT molecular complexity index is 325. The molecule has 0 aliphatic carbocycles. The highest BCUT2D eigenvalue weighted by Gasteiger charge is 2.27. The lowest BCUT2D eigenvalue weighted by Crippen LogP contribution is -2.47. The second-order valence-electron chi connectivity index (χ2n) is 5.77. The van der Waals surface area contributed by atoms with Gasteiger partial charge in [-0.2, -0.15) is 0 Å². The van der Waals surface area contributed by atoms with Crippen molar-refractivity contribution in [1.82, 2.24) is 9.80 Å². The fourth-order valence-corrected chi connectivity index (χ4v) is 3.02. The molecule has 2 saturated heterocycles. The van der Waals surface area contributed by atoms with Gasteiger partial charge in [-0.25, -0.2) is 0 Å². The van der Waals surface area contributed by atoms with Crippen LogP contribution in [0.1, 0.15) is 38.5 Å². The molecule has 0 bridgehead atoms. The van der Waals surface area contributed by atoms with Gasteiger partial charge in [-0.1, -0.05) is 12.8 Å². The Labute approximate surface area is 115 Å². The Hall–Kier alpha value is -1.10. The van der Waals surface area contributed by atoms with Crippen molar-refractivity contribution in [1.29, 1.82) is 0 Å². The fourth-order valence-electron chi connectivity index (χ4n) is 3.02. The van der Waals surface area contributed by atoms with E-state index in [1.165, 1.54) is 25.7 Å². The van der Waals surface area contributed by atoms with Gasteiger partial charge in [0.15, 0.2) is 0 Å². The van der Waals surface area contributed by atoms with Crippen molar-refractivity contribution in [3.63, 3.8) is 0 Å². The monoisotopic (exact) mass is 267 g/mol. The zero-order chi connectivity index (χ0) is 13.7. The van der Waals surface area contributed by atoms with Crippen molar-refractivity contribution in [2.75, 3.05) is 32.7 Å². The Morgan fingerprint density at radius 2 is 1.68 bits per heavy atom. The van der Waals surface area contributed by atoms with Gasteiger partial charge in [0.05, 0.1) is 12.5 Å². The molecule has 2 aliphatic rings. The van der Waals surface area contributed by atoms with Gasteiger partial charge in [-0.3, -0.25) is 14.5 Å². The highest BCUT2D eigenvalue weighted by atomic mass is 16.2. The molecule has 1 unspecified atom stereocenters. The third-order valence-corrected chi connectivity index (χ3v) is 4.23. The summed E-state index contributed by atoms with van der Waals surface area (Å²) in [5.41, 5.74) is 5.35. The van der Waals surface area contributed by atoms with Crippen LogP contribution in [0.5, 0.6) is 0 Å². The molecule has 5 heteroatoms. The lowest BCUT2D eigenvalue weighted by molar-refractivity contribution is -0.136. The Kier molecular flexibility index (Phi) is 5.19. The lowest BCUT2D eigenvalue weighted by Gasteiger charge is -2.32. The normalized spacial score (nSPS) is 25.9. The number of rotatable bonds is 3. The van der Waals surface area contributed by atoms with Crippen LogP contribution in [0.15, 0.2) is 0 Å². The molecule has 1 atom stereocenters. The van der Waals surface area contributed by atoms with Gasteiger partial charge in [0.2, 0.25) is 11.8 Å². The van der Waals surface area contributed by atoms with Crippen LogP contribution in [0.25, 0.3) is 0 Å². The van der Waals surface area contributed by atoms with E-state index in [1.54, 1.807) is 0 Å². The van der Waals surface area contributed by atoms with Gasteiger partial charge in [0.1, 0.15) is 0 Å². The molecule has 0 radical (unpaired) electrons. The average Bonchev–Trinajstić information content (AvgIpc) is 2.67. The molecule has 5 nitrogen and oxygen atoms in total. The van der Waals surface area contributed by atoms with E-state index in [-0.39, 0.29) is 17.7 Å². The van der Waals surface area contributed by atoms with Gasteiger partial charge < -0.3 is 10.6 Å². The van der Waals surface area contributed by atoms with Crippen LogP contribution in [-0.2, 0) is 9.59 Å². The van der Waals surface area contributed by atoms with Gasteiger partial charge in [0.25, 0.3) is 0 Å². The highest BCUT2D eigenvalue weighted by Crippen LogP contribution is 2.17. The first-order chi connectivity index (χ1) is 9.16. The summed E-state index contributed by atoms with van der Waals surface area (Å²) >= 11 is 0. The first kappa shape index (κ1) is 14.3. The molecule has 0 saturated carbocycles. The number of carbonyl (C=O) groups excluding carboxylic acids is 2. The van der Waals surface area contributed by atoms with Crippen LogP contribution in [0, 0.1) is 5.92 Å². The summed E-state index contributed by atoms with van der Waals surface area (Å²) in [6, 6.07) is 0. The van der Waals surface area contributed by atoms with E-state index in [0.717, 1.165) is 32.5 Å². The fraction of sp³-hybridized carbons (Fsp3) is 0.857. The number of piperidine rings is 1. The maximum absolute atomic E-state index is 12.3. The highest BCUT2D eigenvalue weighted by molar-refractivity contribution is 5.81. The summed E-state index contributed by atoms with van der Waals surface area (Å²) in [5.74, 6) is -0.262. The lowest BCUT2D eigenvalue weighted by atomic mass is 9.97. The van der Waals surface area contributed by atoms with E-state index in [1.807, 2.05) is 4.90 Å². The minimum Gasteiger partial charge on any atom is -0.369 e. The number of amides is 2. The molecule has 0 spiro atoms. The van der Waals surface area contributed by atoms with Crippen LogP contribution in [-0.4, -0.2) is 54.3 Å². The third-order valence-electron chi connectivity index (χ3n) is 4.23. The minimum absolute atomic E-state index is 0.151. The number of hydrogen-bond acceptors (Lipinski definition) is 3. The second-order valence-corrected chi connectivity index (χ2v) is 5.77. The molecule has 0 aromatic carbocycles. The van der Waals surface area contributed by atoms with E-state index in [0.29, 0.717) is 13.1 Å². The van der Waals surface area contributed by atoms with E-state index < -0.39 is 0 Å². The molecule has 2 amide bonds. The molecule has 2 rings (SSSR count). The molecule has 108 valence electrons. The molecular weight excluding hydrogens is 242 g/mol. The van der Waals surface area contributed by atoms with Crippen LogP contribution in [0.4, 0.5) is 0 Å². The number of nitrogens with zero attached hydrogens (tertiary/aromatic N) is 2. The molecule has 2 N–H and O–H groups in total. The van der Waals surface area contributed by atoms with E-state index >= 15 is 0 Å². The van der Waals surface area contributed by atoms with E-state index in [2.05, 4.69) is 4.90 Å². The summed E-state index contributed by atoms with van der Waals surface area (Å²) in [5, 5.41) is 0. The molecule has 0 aromatic heterocycles. The summed E-state index contributed by atoms with van der Waals surface area (Å²) < 4.78 is 0. The molecule has 2 aliphatic heterocycles. The largest absolute Gasteiger partial charge is 0.369 e. The predicted molar refractivity (Wildman–Crippen MR) is 73.4 cm³/mol. The van der Waals surface area contributed by atoms with E-state index in [9.17, 15) is 9.59 Å². The Morgan fingerprint density at radius 3 is 2.32 bits per heavy atom. The van der Waals surface area contributed by atoms with Crippen molar-refractivity contribution in [3.8, 4) is 0 Å². The second kappa shape index (κ2) is 6.89. The van der Waals surface area contributed by atoms with Gasteiger partial charge in [0, 0.05) is 13.1 Å². The summed E-state index contributed by atoms with van der Waals surface area (Å²) in [6.45, 7) is 3.85. The molecule has 2 heterocycles. The standard InChI is InChI=1S/C14H25N3O2/c15-14(19)12-6-5-9-17(10-12)13(18)11-16-7-3-1-2-4-8-16/h12H,1-11H2,(H2,15,19). The SMILES string of the molecule is NC(=O)C1CCCN(C(=O)CN2CCCCCC2)C1. The van der Waals surface area contributed by atoms with Crippen LogP contribution < -0.4 is 5.73 Å². The minimum atomic E-state index is -0.271.